The van der Waals surface area contributed by atoms with Crippen LogP contribution in [0.1, 0.15) is 132 Å². The van der Waals surface area contributed by atoms with Crippen LogP contribution in [0.3, 0.4) is 0 Å². The summed E-state index contributed by atoms with van der Waals surface area (Å²) in [6.45, 7) is -3.30. The van der Waals surface area contributed by atoms with Gasteiger partial charge in [0, 0.05) is 36.3 Å². The minimum atomic E-state index is -2.87. The van der Waals surface area contributed by atoms with Crippen molar-refractivity contribution in [3.63, 3.8) is 0 Å². The first kappa shape index (κ1) is 57.1. The number of aromatic nitrogens is 12. The maximum atomic E-state index is 12.7. The van der Waals surface area contributed by atoms with Crippen molar-refractivity contribution in [1.29, 1.82) is 0 Å². The van der Waals surface area contributed by atoms with E-state index in [0.717, 1.165) is 85.0 Å². The van der Waals surface area contributed by atoms with Gasteiger partial charge in [-0.05, 0) is 170 Å². The molecule has 2 atom stereocenters. The number of hydrogen-bond acceptors (Lipinski definition) is 14. The molecule has 2 fully saturated rings. The Morgan fingerprint density at radius 3 is 1.33 bits per heavy atom. The summed E-state index contributed by atoms with van der Waals surface area (Å²) in [6, 6.07) is 39.6. The van der Waals surface area contributed by atoms with Crippen molar-refractivity contribution < 1.29 is 27.0 Å². The number of pyridine rings is 2. The topological polar surface area (TPSA) is 239 Å². The van der Waals surface area contributed by atoms with E-state index >= 15 is 0 Å². The van der Waals surface area contributed by atoms with Gasteiger partial charge in [-0.1, -0.05) is 84.9 Å². The van der Waals surface area contributed by atoms with Crippen molar-refractivity contribution in [2.45, 2.75) is 126 Å². The van der Waals surface area contributed by atoms with Gasteiger partial charge in [0.05, 0.1) is 25.5 Å². The predicted molar refractivity (Wildman–Crippen MR) is 313 cm³/mol. The summed E-state index contributed by atoms with van der Waals surface area (Å²) < 4.78 is 63.5. The lowest BCUT2D eigenvalue weighted by Gasteiger charge is -2.30. The van der Waals surface area contributed by atoms with Gasteiger partial charge in [-0.3, -0.25) is 9.36 Å². The highest BCUT2D eigenvalue weighted by Crippen LogP contribution is 2.37. The lowest BCUT2D eigenvalue weighted by Crippen LogP contribution is -2.34. The summed E-state index contributed by atoms with van der Waals surface area (Å²) in [4.78, 5) is 8.64. The second-order valence-corrected chi connectivity index (χ2v) is 21.8. The number of halogens is 4. The molecule has 84 heavy (non-hydrogen) atoms. The number of nitrogens with one attached hydrogen (secondary N) is 4. The summed E-state index contributed by atoms with van der Waals surface area (Å²) >= 11 is 0. The zero-order valence-electron chi connectivity index (χ0n) is 46.3. The van der Waals surface area contributed by atoms with Gasteiger partial charge < -0.3 is 31.6 Å². The lowest BCUT2D eigenvalue weighted by molar-refractivity contribution is -0.0505. The number of rotatable bonds is 22. The summed E-state index contributed by atoms with van der Waals surface area (Å²) in [5.74, 6) is 2.15. The van der Waals surface area contributed by atoms with Crippen LogP contribution in [0.25, 0.3) is 22.3 Å². The maximum Gasteiger partial charge on any atom is 0.387 e. The molecule has 0 saturated heterocycles. The third-order valence-corrected chi connectivity index (χ3v) is 16.2. The summed E-state index contributed by atoms with van der Waals surface area (Å²) in [6.07, 6.45) is 18.6. The van der Waals surface area contributed by atoms with Gasteiger partial charge >= 0.3 is 13.2 Å². The van der Waals surface area contributed by atoms with Gasteiger partial charge in [0.1, 0.15) is 34.2 Å². The third-order valence-electron chi connectivity index (χ3n) is 16.2. The van der Waals surface area contributed by atoms with Crippen LogP contribution in [0.2, 0.25) is 0 Å². The first-order chi connectivity index (χ1) is 41.0. The van der Waals surface area contributed by atoms with Gasteiger partial charge in [0.25, 0.3) is 0 Å². The Hall–Kier alpha value is -8.76. The van der Waals surface area contributed by atoms with Crippen molar-refractivity contribution in [1.82, 2.24) is 71.0 Å². The number of ether oxygens (including phenoxy) is 2. The second-order valence-electron chi connectivity index (χ2n) is 21.8. The number of aromatic amines is 2. The fraction of sp³-hybridized carbons (Fsp3) is 0.355. The maximum absolute atomic E-state index is 12.7. The molecule has 6 aromatic heterocycles. The average Bonchev–Trinajstić information content (AvgIpc) is 3.19. The van der Waals surface area contributed by atoms with E-state index in [1.54, 1.807) is 33.6 Å². The Kier molecular flexibility index (Phi) is 18.4. The number of anilines is 2. The molecule has 2 aliphatic rings. The molecule has 0 amide bonds. The molecule has 4 aromatic carbocycles. The Morgan fingerprint density at radius 1 is 0.512 bits per heavy atom. The number of nitrogen functional groups attached to an aromatic ring is 2. The normalized spacial score (nSPS) is 18.0. The quantitative estimate of drug-likeness (QED) is 0.0346. The SMILES string of the molecule is Nc1cc([C@@H](CCNC2CCC(c3ccccc3)CC2)c2cnn(Cc3cccc(OC(F)F)c3)c2)c2n[nH]nc2n1.Nc1cc([C@H](CCNC2CCC(c3ccccc3)CC2)c2cnn(Cc3cccc(OC(F)F)c3)c2)c2n[nH]nc2n1. The Labute approximate surface area is 483 Å². The monoisotopic (exact) mass is 1140 g/mol. The molecular formula is C62H68F4N16O2. The molecule has 436 valence electrons. The Bertz CT molecular complexity index is 3430. The van der Waals surface area contributed by atoms with E-state index in [0.29, 0.717) is 71.0 Å². The zero-order valence-corrected chi connectivity index (χ0v) is 46.3. The van der Waals surface area contributed by atoms with Gasteiger partial charge in [0.15, 0.2) is 0 Å². The molecule has 12 rings (SSSR count). The largest absolute Gasteiger partial charge is 0.435 e. The molecule has 0 spiro atoms. The number of nitrogens with zero attached hydrogens (tertiary/aromatic N) is 10. The summed E-state index contributed by atoms with van der Waals surface area (Å²) in [7, 11) is 0. The molecule has 2 saturated carbocycles. The molecule has 2 aliphatic carbocycles. The summed E-state index contributed by atoms with van der Waals surface area (Å²) in [5, 5.41) is 39.2. The molecule has 0 bridgehead atoms. The van der Waals surface area contributed by atoms with Crippen LogP contribution < -0.4 is 31.6 Å². The fourth-order valence-corrected chi connectivity index (χ4v) is 12.2. The van der Waals surface area contributed by atoms with Gasteiger partial charge in [0.2, 0.25) is 11.3 Å². The summed E-state index contributed by atoms with van der Waals surface area (Å²) in [5.41, 5.74) is 23.0. The molecule has 0 aliphatic heterocycles. The highest BCUT2D eigenvalue weighted by molar-refractivity contribution is 5.78. The highest BCUT2D eigenvalue weighted by atomic mass is 19.3. The zero-order chi connectivity index (χ0) is 57.8. The van der Waals surface area contributed by atoms with E-state index < -0.39 is 13.2 Å². The van der Waals surface area contributed by atoms with Crippen molar-refractivity contribution in [2.75, 3.05) is 24.6 Å². The van der Waals surface area contributed by atoms with Crippen LogP contribution in [0.4, 0.5) is 29.2 Å². The number of H-pyrrole nitrogens is 2. The smallest absolute Gasteiger partial charge is 0.387 e. The molecule has 8 N–H and O–H groups in total. The van der Waals surface area contributed by atoms with E-state index in [1.165, 1.54) is 48.9 Å². The van der Waals surface area contributed by atoms with Crippen molar-refractivity contribution >= 4 is 34.0 Å². The van der Waals surface area contributed by atoms with Gasteiger partial charge in [-0.2, -0.15) is 48.4 Å². The Morgan fingerprint density at radius 2 is 0.929 bits per heavy atom. The second kappa shape index (κ2) is 27.1. The van der Waals surface area contributed by atoms with Crippen LogP contribution >= 0.6 is 0 Å². The molecule has 10 aromatic rings. The molecule has 0 unspecified atom stereocenters. The number of hydrogen-bond donors (Lipinski definition) is 6. The first-order valence-electron chi connectivity index (χ1n) is 28.7. The van der Waals surface area contributed by atoms with Crippen LogP contribution in [0.15, 0.2) is 146 Å². The van der Waals surface area contributed by atoms with Crippen LogP contribution in [-0.4, -0.2) is 98.7 Å². The minimum Gasteiger partial charge on any atom is -0.435 e. The van der Waals surface area contributed by atoms with Crippen molar-refractivity contribution in [3.05, 3.63) is 191 Å². The molecule has 0 radical (unpaired) electrons. The number of alkyl halides is 4. The predicted octanol–water partition coefficient (Wildman–Crippen LogP) is 11.2. The number of nitrogens with two attached hydrogens (primary N) is 2. The molecular weight excluding hydrogens is 1080 g/mol. The lowest BCUT2D eigenvalue weighted by atomic mass is 9.81. The van der Waals surface area contributed by atoms with Crippen LogP contribution in [-0.2, 0) is 13.1 Å². The highest BCUT2D eigenvalue weighted by Gasteiger charge is 2.27. The standard InChI is InChI=1S/2C31H34F2N8O/c2*32-31(33)42-25-8-4-5-20(15-25)18-41-19-23(17-36-41)26(27-16-28(34)37-30-29(27)38-40-39-30)13-14-35-24-11-9-22(10-12-24)21-6-2-1-3-7-21/h2*1-8,15-17,19,22,24,26,31,35H,9-14,18H2,(H3,34,37,38,39,40)/t2*22?,24?,26-/m10/s1. The van der Waals surface area contributed by atoms with Gasteiger partial charge in [-0.25, -0.2) is 9.97 Å². The van der Waals surface area contributed by atoms with E-state index in [1.807, 2.05) is 49.1 Å². The Balaban J connectivity index is 0.000000175. The number of fused-ring (bicyclic) bond motifs is 2. The van der Waals surface area contributed by atoms with E-state index in [9.17, 15) is 17.6 Å². The average molecular weight is 1150 g/mol. The van der Waals surface area contributed by atoms with E-state index in [2.05, 4.69) is 132 Å². The van der Waals surface area contributed by atoms with E-state index in [4.69, 9.17) is 11.5 Å². The van der Waals surface area contributed by atoms with Crippen molar-refractivity contribution in [2.24, 2.45) is 0 Å². The van der Waals surface area contributed by atoms with Crippen LogP contribution in [0.5, 0.6) is 11.5 Å². The van der Waals surface area contributed by atoms with Crippen molar-refractivity contribution in [3.8, 4) is 11.5 Å². The number of benzene rings is 4. The van der Waals surface area contributed by atoms with Crippen LogP contribution in [0, 0.1) is 0 Å². The van der Waals surface area contributed by atoms with Gasteiger partial charge in [-0.15, -0.1) is 10.2 Å². The minimum absolute atomic E-state index is 0.0571. The first-order valence-corrected chi connectivity index (χ1v) is 28.7. The molecule has 22 heteroatoms. The fourth-order valence-electron chi connectivity index (χ4n) is 12.2. The third kappa shape index (κ3) is 14.7. The molecule has 6 heterocycles. The van der Waals surface area contributed by atoms with E-state index in [-0.39, 0.29) is 23.3 Å². The molecule has 18 nitrogen and oxygen atoms in total.